The minimum absolute atomic E-state index is 0.114. The number of halogens is 4. The van der Waals surface area contributed by atoms with Crippen LogP contribution in [0.3, 0.4) is 0 Å². The Morgan fingerprint density at radius 2 is 2.07 bits per heavy atom. The predicted octanol–water partition coefficient (Wildman–Crippen LogP) is 1.51. The van der Waals surface area contributed by atoms with Gasteiger partial charge in [-0.1, -0.05) is 0 Å². The zero-order chi connectivity index (χ0) is 11.9. The lowest BCUT2D eigenvalue weighted by Crippen LogP contribution is -2.06. The van der Waals surface area contributed by atoms with Gasteiger partial charge in [0.25, 0.3) is 0 Å². The molecule has 0 aliphatic heterocycles. The standard InChI is InChI=1S/C6H6ClF3N2O2S/c1-12-4(3-15(7,13)14)2-5(11-12)6(8,9)10/h2H,3H2,1H3. The number of hydrogen-bond donors (Lipinski definition) is 0. The van der Waals surface area contributed by atoms with Gasteiger partial charge in [-0.25, -0.2) is 8.42 Å². The SMILES string of the molecule is Cn1nc(C(F)(F)F)cc1CS(=O)(=O)Cl. The van der Waals surface area contributed by atoms with Crippen LogP contribution in [0.2, 0.25) is 0 Å². The van der Waals surface area contributed by atoms with Crippen molar-refractivity contribution in [3.05, 3.63) is 17.5 Å². The molecule has 0 N–H and O–H groups in total. The van der Waals surface area contributed by atoms with E-state index in [1.54, 1.807) is 0 Å². The predicted molar refractivity (Wildman–Crippen MR) is 46.7 cm³/mol. The average molecular weight is 263 g/mol. The number of aryl methyl sites for hydroxylation is 1. The summed E-state index contributed by atoms with van der Waals surface area (Å²) in [5.74, 6) is -0.686. The first kappa shape index (κ1) is 12.3. The summed E-state index contributed by atoms with van der Waals surface area (Å²) >= 11 is 0. The molecule has 0 spiro atoms. The molecular formula is C6H6ClF3N2O2S. The molecule has 15 heavy (non-hydrogen) atoms. The topological polar surface area (TPSA) is 52.0 Å². The quantitative estimate of drug-likeness (QED) is 0.759. The summed E-state index contributed by atoms with van der Waals surface area (Å²) in [7, 11) is 2.24. The second kappa shape index (κ2) is 3.67. The van der Waals surface area contributed by atoms with Gasteiger partial charge in [0.15, 0.2) is 5.69 Å². The van der Waals surface area contributed by atoms with Crippen LogP contribution in [-0.4, -0.2) is 18.2 Å². The van der Waals surface area contributed by atoms with Gasteiger partial charge in [-0.2, -0.15) is 18.3 Å². The van der Waals surface area contributed by atoms with Crippen molar-refractivity contribution in [3.63, 3.8) is 0 Å². The van der Waals surface area contributed by atoms with Crippen molar-refractivity contribution < 1.29 is 21.6 Å². The van der Waals surface area contributed by atoms with Gasteiger partial charge < -0.3 is 0 Å². The van der Waals surface area contributed by atoms with Crippen LogP contribution in [0.15, 0.2) is 6.07 Å². The maximum absolute atomic E-state index is 12.2. The maximum atomic E-state index is 12.2. The Bertz CT molecular complexity index is 465. The van der Waals surface area contributed by atoms with E-state index in [1.165, 1.54) is 7.05 Å². The van der Waals surface area contributed by atoms with Crippen molar-refractivity contribution in [2.24, 2.45) is 7.05 Å². The lowest BCUT2D eigenvalue weighted by Gasteiger charge is -1.99. The second-order valence-electron chi connectivity index (χ2n) is 2.83. The van der Waals surface area contributed by atoms with Crippen molar-refractivity contribution >= 4 is 19.7 Å². The lowest BCUT2D eigenvalue weighted by atomic mass is 10.4. The molecular weight excluding hydrogens is 257 g/mol. The van der Waals surface area contributed by atoms with Crippen LogP contribution in [0.1, 0.15) is 11.4 Å². The number of alkyl halides is 3. The first-order chi connectivity index (χ1) is 6.59. The van der Waals surface area contributed by atoms with Crippen LogP contribution in [0, 0.1) is 0 Å². The zero-order valence-electron chi connectivity index (χ0n) is 7.42. The van der Waals surface area contributed by atoms with Crippen LogP contribution >= 0.6 is 10.7 Å². The zero-order valence-corrected chi connectivity index (χ0v) is 8.99. The van der Waals surface area contributed by atoms with E-state index in [0.717, 1.165) is 4.68 Å². The van der Waals surface area contributed by atoms with Gasteiger partial charge in [-0.3, -0.25) is 4.68 Å². The Morgan fingerprint density at radius 1 is 1.53 bits per heavy atom. The molecule has 1 aromatic rings. The average Bonchev–Trinajstić information content (AvgIpc) is 2.27. The molecule has 1 heterocycles. The molecule has 1 aromatic heterocycles. The highest BCUT2D eigenvalue weighted by Crippen LogP contribution is 2.28. The Morgan fingerprint density at radius 3 is 2.40 bits per heavy atom. The Kier molecular flexibility index (Phi) is 3.01. The molecule has 0 fully saturated rings. The van der Waals surface area contributed by atoms with Gasteiger partial charge in [0, 0.05) is 17.7 Å². The fraction of sp³-hybridized carbons (Fsp3) is 0.500. The van der Waals surface area contributed by atoms with Gasteiger partial charge in [0.2, 0.25) is 9.05 Å². The van der Waals surface area contributed by atoms with Crippen LogP contribution in [0.4, 0.5) is 13.2 Å². The van der Waals surface area contributed by atoms with Crippen molar-refractivity contribution in [1.82, 2.24) is 9.78 Å². The second-order valence-corrected chi connectivity index (χ2v) is 5.60. The molecule has 0 bridgehead atoms. The van der Waals surface area contributed by atoms with E-state index in [2.05, 4.69) is 5.10 Å². The van der Waals surface area contributed by atoms with Gasteiger partial charge >= 0.3 is 6.18 Å². The molecule has 0 atom stereocenters. The number of aromatic nitrogens is 2. The largest absolute Gasteiger partial charge is 0.435 e. The normalized spacial score (nSPS) is 13.1. The molecule has 0 aliphatic carbocycles. The molecule has 0 unspecified atom stereocenters. The fourth-order valence-corrected chi connectivity index (χ4v) is 1.91. The summed E-state index contributed by atoms with van der Waals surface area (Å²) < 4.78 is 58.6. The third kappa shape index (κ3) is 3.38. The highest BCUT2D eigenvalue weighted by molar-refractivity contribution is 8.13. The van der Waals surface area contributed by atoms with Crippen LogP contribution in [0.25, 0.3) is 0 Å². The molecule has 0 radical (unpaired) electrons. The Labute approximate surface area is 88.1 Å². The van der Waals surface area contributed by atoms with Crippen molar-refractivity contribution in [1.29, 1.82) is 0 Å². The van der Waals surface area contributed by atoms with E-state index >= 15 is 0 Å². The van der Waals surface area contributed by atoms with Gasteiger partial charge in [0.1, 0.15) is 5.75 Å². The molecule has 86 valence electrons. The molecule has 1 rings (SSSR count). The monoisotopic (exact) mass is 262 g/mol. The number of nitrogens with zero attached hydrogens (tertiary/aromatic N) is 2. The molecule has 0 amide bonds. The molecule has 0 aromatic carbocycles. The summed E-state index contributed by atoms with van der Waals surface area (Å²) in [4.78, 5) is 0. The third-order valence-electron chi connectivity index (χ3n) is 1.59. The van der Waals surface area contributed by atoms with Crippen molar-refractivity contribution in [2.45, 2.75) is 11.9 Å². The number of rotatable bonds is 2. The highest BCUT2D eigenvalue weighted by Gasteiger charge is 2.34. The molecule has 0 saturated heterocycles. The van der Waals surface area contributed by atoms with Gasteiger partial charge in [-0.15, -0.1) is 0 Å². The number of hydrogen-bond acceptors (Lipinski definition) is 3. The highest BCUT2D eigenvalue weighted by atomic mass is 35.7. The minimum atomic E-state index is -4.59. The molecule has 4 nitrogen and oxygen atoms in total. The smallest absolute Gasteiger partial charge is 0.271 e. The summed E-state index contributed by atoms with van der Waals surface area (Å²) in [5, 5.41) is 3.13. The summed E-state index contributed by atoms with van der Waals surface area (Å²) in [5.41, 5.74) is -1.25. The summed E-state index contributed by atoms with van der Waals surface area (Å²) in [6, 6.07) is 0.653. The maximum Gasteiger partial charge on any atom is 0.435 e. The van der Waals surface area contributed by atoms with E-state index in [1.807, 2.05) is 0 Å². The van der Waals surface area contributed by atoms with E-state index in [4.69, 9.17) is 10.7 Å². The fourth-order valence-electron chi connectivity index (χ4n) is 0.956. The Hall–Kier alpha value is -0.760. The van der Waals surface area contributed by atoms with Gasteiger partial charge in [-0.05, 0) is 6.07 Å². The Balaban J connectivity index is 3.08. The molecule has 9 heteroatoms. The summed E-state index contributed by atoms with van der Waals surface area (Å²) in [6.45, 7) is 0. The van der Waals surface area contributed by atoms with E-state index in [0.29, 0.717) is 6.07 Å². The van der Waals surface area contributed by atoms with Crippen LogP contribution in [0.5, 0.6) is 0 Å². The van der Waals surface area contributed by atoms with E-state index in [-0.39, 0.29) is 5.69 Å². The van der Waals surface area contributed by atoms with Crippen molar-refractivity contribution in [3.8, 4) is 0 Å². The lowest BCUT2D eigenvalue weighted by molar-refractivity contribution is -0.141. The molecule has 0 saturated carbocycles. The minimum Gasteiger partial charge on any atom is -0.271 e. The van der Waals surface area contributed by atoms with E-state index < -0.39 is 26.7 Å². The first-order valence-corrected chi connectivity index (χ1v) is 6.10. The first-order valence-electron chi connectivity index (χ1n) is 3.62. The van der Waals surface area contributed by atoms with E-state index in [9.17, 15) is 21.6 Å². The van der Waals surface area contributed by atoms with Crippen molar-refractivity contribution in [2.75, 3.05) is 0 Å². The summed E-state index contributed by atoms with van der Waals surface area (Å²) in [6.07, 6.45) is -4.59. The molecule has 0 aliphatic rings. The van der Waals surface area contributed by atoms with Crippen LogP contribution < -0.4 is 0 Å². The van der Waals surface area contributed by atoms with Crippen LogP contribution in [-0.2, 0) is 28.0 Å². The third-order valence-corrected chi connectivity index (χ3v) is 2.56. The van der Waals surface area contributed by atoms with Gasteiger partial charge in [0.05, 0.1) is 5.69 Å².